The quantitative estimate of drug-likeness (QED) is 0.280. The molecule has 0 bridgehead atoms. The third kappa shape index (κ3) is 4.04. The summed E-state index contributed by atoms with van der Waals surface area (Å²) in [7, 11) is 0. The van der Waals surface area contributed by atoms with Crippen molar-refractivity contribution in [1.82, 2.24) is 24.7 Å². The van der Waals surface area contributed by atoms with Gasteiger partial charge in [0.1, 0.15) is 6.26 Å². The topological polar surface area (TPSA) is 69.6 Å². The summed E-state index contributed by atoms with van der Waals surface area (Å²) in [4.78, 5) is 8.84. The third-order valence-corrected chi connectivity index (χ3v) is 6.21. The van der Waals surface area contributed by atoms with Crippen LogP contribution in [0.4, 0.5) is 0 Å². The number of rotatable bonds is 6. The highest BCUT2D eigenvalue weighted by Gasteiger charge is 2.18. The van der Waals surface area contributed by atoms with Crippen molar-refractivity contribution in [3.05, 3.63) is 95.6 Å². The molecule has 0 aliphatic rings. The van der Waals surface area contributed by atoms with E-state index in [1.165, 1.54) is 0 Å². The largest absolute Gasteiger partial charge is 0.444 e. The van der Waals surface area contributed by atoms with Gasteiger partial charge in [0.15, 0.2) is 11.0 Å². The molecule has 5 rings (SSSR count). The number of hydrogen-bond donors (Lipinski definition) is 0. The minimum atomic E-state index is 0.502. The molecule has 2 aromatic carbocycles. The van der Waals surface area contributed by atoms with Crippen LogP contribution in [-0.2, 0) is 5.75 Å². The first kappa shape index (κ1) is 20.5. The molecular formula is C24H18ClN5OS. The Morgan fingerprint density at radius 1 is 1.00 bits per heavy atom. The molecule has 0 aliphatic heterocycles. The molecule has 0 saturated carbocycles. The van der Waals surface area contributed by atoms with Crippen LogP contribution in [-0.4, -0.2) is 24.7 Å². The van der Waals surface area contributed by atoms with Gasteiger partial charge in [-0.3, -0.25) is 9.55 Å². The monoisotopic (exact) mass is 459 g/mol. The van der Waals surface area contributed by atoms with E-state index in [0.717, 1.165) is 39.1 Å². The first-order valence-electron chi connectivity index (χ1n) is 9.94. The molecule has 3 aromatic heterocycles. The SMILES string of the molecule is Cc1ccccc1-n1c(SCc2coc(-c3ccccc3Cl)n2)nnc1-c1cccnc1. The fraction of sp³-hybridized carbons (Fsp3) is 0.0833. The van der Waals surface area contributed by atoms with Gasteiger partial charge in [-0.05, 0) is 42.8 Å². The van der Waals surface area contributed by atoms with Gasteiger partial charge in [-0.25, -0.2) is 4.98 Å². The number of oxazole rings is 1. The molecule has 0 aliphatic carbocycles. The van der Waals surface area contributed by atoms with E-state index in [2.05, 4.69) is 43.8 Å². The second kappa shape index (κ2) is 8.98. The number of halogens is 1. The van der Waals surface area contributed by atoms with Gasteiger partial charge in [0.2, 0.25) is 5.89 Å². The Labute approximate surface area is 194 Å². The molecule has 0 unspecified atom stereocenters. The molecule has 0 atom stereocenters. The average molecular weight is 460 g/mol. The summed E-state index contributed by atoms with van der Waals surface area (Å²) in [5.74, 6) is 1.82. The second-order valence-corrected chi connectivity index (χ2v) is 8.43. The molecule has 0 N–H and O–H groups in total. The number of aryl methyl sites for hydroxylation is 1. The number of para-hydroxylation sites is 1. The van der Waals surface area contributed by atoms with Crippen LogP contribution in [0.5, 0.6) is 0 Å². The fourth-order valence-corrected chi connectivity index (χ4v) is 4.39. The minimum absolute atomic E-state index is 0.502. The van der Waals surface area contributed by atoms with Gasteiger partial charge in [0, 0.05) is 23.7 Å². The summed E-state index contributed by atoms with van der Waals surface area (Å²) in [5.41, 5.74) is 4.62. The van der Waals surface area contributed by atoms with E-state index in [-0.39, 0.29) is 0 Å². The molecule has 3 heterocycles. The standard InChI is InChI=1S/C24H18ClN5OS/c1-16-7-2-5-11-21(16)30-22(17-8-6-12-26-13-17)28-29-24(30)32-15-18-14-31-23(27-18)19-9-3-4-10-20(19)25/h2-14H,15H2,1H3. The van der Waals surface area contributed by atoms with E-state index in [1.807, 2.05) is 48.5 Å². The molecule has 158 valence electrons. The molecule has 0 spiro atoms. The predicted molar refractivity (Wildman–Crippen MR) is 126 cm³/mol. The minimum Gasteiger partial charge on any atom is -0.444 e. The van der Waals surface area contributed by atoms with Gasteiger partial charge >= 0.3 is 0 Å². The van der Waals surface area contributed by atoms with Crippen LogP contribution in [0.3, 0.4) is 0 Å². The Hall–Kier alpha value is -3.42. The van der Waals surface area contributed by atoms with Crippen LogP contribution in [0.25, 0.3) is 28.5 Å². The normalized spacial score (nSPS) is 11.1. The first-order chi connectivity index (χ1) is 15.7. The molecule has 0 radical (unpaired) electrons. The second-order valence-electron chi connectivity index (χ2n) is 7.08. The number of aromatic nitrogens is 5. The van der Waals surface area contributed by atoms with Gasteiger partial charge in [-0.1, -0.05) is 53.7 Å². The maximum Gasteiger partial charge on any atom is 0.227 e. The maximum atomic E-state index is 6.27. The van der Waals surface area contributed by atoms with E-state index in [4.69, 9.17) is 16.0 Å². The van der Waals surface area contributed by atoms with Gasteiger partial charge in [0.05, 0.1) is 22.0 Å². The lowest BCUT2D eigenvalue weighted by Crippen LogP contribution is -2.02. The van der Waals surface area contributed by atoms with E-state index < -0.39 is 0 Å². The molecule has 32 heavy (non-hydrogen) atoms. The van der Waals surface area contributed by atoms with Crippen molar-refractivity contribution in [3.63, 3.8) is 0 Å². The lowest BCUT2D eigenvalue weighted by Gasteiger charge is -2.12. The van der Waals surface area contributed by atoms with Gasteiger partial charge in [-0.2, -0.15) is 0 Å². The van der Waals surface area contributed by atoms with Gasteiger partial charge in [-0.15, -0.1) is 10.2 Å². The van der Waals surface area contributed by atoms with Crippen LogP contribution in [0, 0.1) is 6.92 Å². The Kier molecular flexibility index (Phi) is 5.75. The molecule has 6 nitrogen and oxygen atoms in total. The highest BCUT2D eigenvalue weighted by Crippen LogP contribution is 2.32. The Balaban J connectivity index is 1.47. The summed E-state index contributed by atoms with van der Waals surface area (Å²) in [6, 6.07) is 19.5. The number of nitrogens with zero attached hydrogens (tertiary/aromatic N) is 5. The third-order valence-electron chi connectivity index (χ3n) is 4.91. The summed E-state index contributed by atoms with van der Waals surface area (Å²) >= 11 is 7.82. The summed E-state index contributed by atoms with van der Waals surface area (Å²) in [6.07, 6.45) is 5.19. The number of thioether (sulfide) groups is 1. The number of pyridine rings is 1. The number of benzene rings is 2. The first-order valence-corrected chi connectivity index (χ1v) is 11.3. The number of hydrogen-bond acceptors (Lipinski definition) is 6. The lowest BCUT2D eigenvalue weighted by atomic mass is 10.2. The molecule has 0 amide bonds. The van der Waals surface area contributed by atoms with Crippen molar-refractivity contribution >= 4 is 23.4 Å². The van der Waals surface area contributed by atoms with Crippen molar-refractivity contribution in [2.45, 2.75) is 17.8 Å². The Morgan fingerprint density at radius 2 is 1.84 bits per heavy atom. The Morgan fingerprint density at radius 3 is 2.66 bits per heavy atom. The van der Waals surface area contributed by atoms with Crippen LogP contribution in [0.2, 0.25) is 5.02 Å². The zero-order valence-electron chi connectivity index (χ0n) is 17.1. The predicted octanol–water partition coefficient (Wildman–Crippen LogP) is 6.24. The van der Waals surface area contributed by atoms with E-state index in [1.54, 1.807) is 30.4 Å². The van der Waals surface area contributed by atoms with Gasteiger partial charge < -0.3 is 4.42 Å². The fourth-order valence-electron chi connectivity index (χ4n) is 3.35. The van der Waals surface area contributed by atoms with Gasteiger partial charge in [0.25, 0.3) is 0 Å². The zero-order valence-corrected chi connectivity index (χ0v) is 18.7. The van der Waals surface area contributed by atoms with Crippen LogP contribution in [0.1, 0.15) is 11.3 Å². The highest BCUT2D eigenvalue weighted by atomic mass is 35.5. The molecule has 8 heteroatoms. The van der Waals surface area contributed by atoms with E-state index >= 15 is 0 Å². The van der Waals surface area contributed by atoms with Crippen molar-refractivity contribution < 1.29 is 4.42 Å². The van der Waals surface area contributed by atoms with E-state index in [9.17, 15) is 0 Å². The average Bonchev–Trinajstić information content (AvgIpc) is 3.46. The van der Waals surface area contributed by atoms with Crippen molar-refractivity contribution in [2.24, 2.45) is 0 Å². The van der Waals surface area contributed by atoms with Crippen LogP contribution >= 0.6 is 23.4 Å². The summed E-state index contributed by atoms with van der Waals surface area (Å²) in [5, 5.41) is 10.3. The molecular weight excluding hydrogens is 442 g/mol. The molecule has 0 saturated heterocycles. The van der Waals surface area contributed by atoms with E-state index in [0.29, 0.717) is 16.7 Å². The smallest absolute Gasteiger partial charge is 0.227 e. The summed E-state index contributed by atoms with van der Waals surface area (Å²) < 4.78 is 7.73. The summed E-state index contributed by atoms with van der Waals surface area (Å²) in [6.45, 7) is 2.07. The zero-order chi connectivity index (χ0) is 21.9. The van der Waals surface area contributed by atoms with Crippen LogP contribution < -0.4 is 0 Å². The van der Waals surface area contributed by atoms with Crippen molar-refractivity contribution in [3.8, 4) is 28.5 Å². The van der Waals surface area contributed by atoms with Crippen LogP contribution in [0.15, 0.2) is 88.9 Å². The molecule has 5 aromatic rings. The maximum absolute atomic E-state index is 6.27. The lowest BCUT2D eigenvalue weighted by molar-refractivity contribution is 0.573. The molecule has 0 fully saturated rings. The highest BCUT2D eigenvalue weighted by molar-refractivity contribution is 7.98. The Bertz CT molecular complexity index is 1370. The van der Waals surface area contributed by atoms with Crippen molar-refractivity contribution in [1.29, 1.82) is 0 Å². The van der Waals surface area contributed by atoms with Crippen molar-refractivity contribution in [2.75, 3.05) is 0 Å².